The van der Waals surface area contributed by atoms with Gasteiger partial charge in [-0.05, 0) is 17.7 Å². The zero-order valence-corrected chi connectivity index (χ0v) is 11.5. The average Bonchev–Trinajstić information content (AvgIpc) is 2.85. The molecule has 0 bridgehead atoms. The largest absolute Gasteiger partial charge is 0.486 e. The Morgan fingerprint density at radius 1 is 1.35 bits per heavy atom. The van der Waals surface area contributed by atoms with E-state index in [9.17, 15) is 0 Å². The molecule has 0 radical (unpaired) electrons. The summed E-state index contributed by atoms with van der Waals surface area (Å²) in [6, 6.07) is 6.16. The first-order chi connectivity index (χ1) is 9.79. The number of rotatable bonds is 4. The van der Waals surface area contributed by atoms with Crippen LogP contribution in [0, 0.1) is 0 Å². The molecule has 0 fully saturated rings. The minimum atomic E-state index is 0.140. The lowest BCUT2D eigenvalue weighted by atomic mass is 10.1. The smallest absolute Gasteiger partial charge is 0.192 e. The van der Waals surface area contributed by atoms with Crippen LogP contribution in [-0.2, 0) is 4.74 Å². The molecule has 2 aliphatic heterocycles. The number of benzene rings is 1. The molecule has 2 heterocycles. The van der Waals surface area contributed by atoms with Gasteiger partial charge in [0.1, 0.15) is 13.2 Å². The van der Waals surface area contributed by atoms with Crippen molar-refractivity contribution in [1.82, 2.24) is 4.90 Å². The molecule has 1 aromatic rings. The van der Waals surface area contributed by atoms with Gasteiger partial charge in [0.25, 0.3) is 0 Å². The standard InChI is InChI=1S/C14H19N3O3/c1-18-5-4-17-11(9-16-14(17)15)10-2-3-12-13(8-10)20-7-6-19-12/h2-3,8,11H,4-7,9H2,1H3,(H2,15,16). The summed E-state index contributed by atoms with van der Waals surface area (Å²) in [5, 5.41) is 0. The van der Waals surface area contributed by atoms with E-state index >= 15 is 0 Å². The van der Waals surface area contributed by atoms with Crippen molar-refractivity contribution in [2.24, 2.45) is 10.7 Å². The quantitative estimate of drug-likeness (QED) is 0.880. The van der Waals surface area contributed by atoms with E-state index in [1.807, 2.05) is 18.2 Å². The number of methoxy groups -OCH3 is 1. The lowest BCUT2D eigenvalue weighted by Crippen LogP contribution is -2.38. The third-order valence-electron chi connectivity index (χ3n) is 3.58. The number of aliphatic imine (C=N–C) groups is 1. The molecular formula is C14H19N3O3. The van der Waals surface area contributed by atoms with Crippen molar-refractivity contribution in [3.05, 3.63) is 23.8 Å². The Morgan fingerprint density at radius 2 is 2.15 bits per heavy atom. The highest BCUT2D eigenvalue weighted by atomic mass is 16.6. The molecule has 108 valence electrons. The second-order valence-electron chi connectivity index (χ2n) is 4.80. The number of nitrogens with two attached hydrogens (primary N) is 1. The molecule has 0 spiro atoms. The Bertz CT molecular complexity index is 518. The van der Waals surface area contributed by atoms with Crippen LogP contribution in [-0.4, -0.2) is 50.9 Å². The average molecular weight is 277 g/mol. The Balaban J connectivity index is 1.81. The van der Waals surface area contributed by atoms with Crippen molar-refractivity contribution in [3.8, 4) is 11.5 Å². The number of hydrogen-bond donors (Lipinski definition) is 1. The predicted octanol–water partition coefficient (Wildman–Crippen LogP) is 0.776. The molecule has 1 atom stereocenters. The molecule has 1 unspecified atom stereocenters. The van der Waals surface area contributed by atoms with E-state index in [4.69, 9.17) is 19.9 Å². The zero-order valence-electron chi connectivity index (χ0n) is 11.5. The lowest BCUT2D eigenvalue weighted by Gasteiger charge is -2.27. The van der Waals surface area contributed by atoms with Crippen LogP contribution in [0.15, 0.2) is 23.2 Å². The van der Waals surface area contributed by atoms with Gasteiger partial charge in [0.05, 0.1) is 19.2 Å². The fourth-order valence-corrected chi connectivity index (χ4v) is 2.54. The molecule has 1 aromatic carbocycles. The van der Waals surface area contributed by atoms with Gasteiger partial charge in [0.2, 0.25) is 0 Å². The number of nitrogens with zero attached hydrogens (tertiary/aromatic N) is 2. The van der Waals surface area contributed by atoms with E-state index in [2.05, 4.69) is 9.89 Å². The second kappa shape index (κ2) is 5.58. The van der Waals surface area contributed by atoms with Crippen molar-refractivity contribution in [3.63, 3.8) is 0 Å². The number of ether oxygens (including phenoxy) is 3. The van der Waals surface area contributed by atoms with E-state index in [1.165, 1.54) is 0 Å². The monoisotopic (exact) mass is 277 g/mol. The molecule has 3 rings (SSSR count). The first kappa shape index (κ1) is 13.1. The van der Waals surface area contributed by atoms with Gasteiger partial charge in [-0.15, -0.1) is 0 Å². The molecule has 2 N–H and O–H groups in total. The summed E-state index contributed by atoms with van der Waals surface area (Å²) in [5.41, 5.74) is 7.08. The maximum Gasteiger partial charge on any atom is 0.192 e. The van der Waals surface area contributed by atoms with Gasteiger partial charge >= 0.3 is 0 Å². The summed E-state index contributed by atoms with van der Waals surface area (Å²) < 4.78 is 16.3. The maximum absolute atomic E-state index is 5.95. The highest BCUT2D eigenvalue weighted by molar-refractivity contribution is 5.80. The lowest BCUT2D eigenvalue weighted by molar-refractivity contribution is 0.164. The van der Waals surface area contributed by atoms with Crippen LogP contribution >= 0.6 is 0 Å². The highest BCUT2D eigenvalue weighted by Gasteiger charge is 2.28. The third kappa shape index (κ3) is 2.38. The zero-order chi connectivity index (χ0) is 13.9. The Labute approximate surface area is 118 Å². The van der Waals surface area contributed by atoms with Crippen molar-refractivity contribution in [2.45, 2.75) is 6.04 Å². The summed E-state index contributed by atoms with van der Waals surface area (Å²) in [6.07, 6.45) is 0. The van der Waals surface area contributed by atoms with Gasteiger partial charge in [0.15, 0.2) is 17.5 Å². The van der Waals surface area contributed by atoms with Crippen LogP contribution in [0.4, 0.5) is 0 Å². The molecule has 2 aliphatic rings. The van der Waals surface area contributed by atoms with Crippen molar-refractivity contribution in [1.29, 1.82) is 0 Å². The highest BCUT2D eigenvalue weighted by Crippen LogP contribution is 2.35. The van der Waals surface area contributed by atoms with Gasteiger partial charge < -0.3 is 24.8 Å². The summed E-state index contributed by atoms with van der Waals surface area (Å²) >= 11 is 0. The summed E-state index contributed by atoms with van der Waals surface area (Å²) in [4.78, 5) is 6.40. The number of fused-ring (bicyclic) bond motifs is 1. The van der Waals surface area contributed by atoms with Crippen LogP contribution in [0.25, 0.3) is 0 Å². The first-order valence-corrected chi connectivity index (χ1v) is 6.74. The third-order valence-corrected chi connectivity index (χ3v) is 3.58. The van der Waals surface area contributed by atoms with Gasteiger partial charge in [-0.3, -0.25) is 4.99 Å². The van der Waals surface area contributed by atoms with Crippen LogP contribution in [0.5, 0.6) is 11.5 Å². The topological polar surface area (TPSA) is 69.3 Å². The molecule has 0 aromatic heterocycles. The summed E-state index contributed by atoms with van der Waals surface area (Å²) in [7, 11) is 1.68. The van der Waals surface area contributed by atoms with Gasteiger partial charge in [-0.1, -0.05) is 6.07 Å². The number of hydrogen-bond acceptors (Lipinski definition) is 6. The molecule has 6 heteroatoms. The Morgan fingerprint density at radius 3 is 2.95 bits per heavy atom. The van der Waals surface area contributed by atoms with E-state index < -0.39 is 0 Å². The SMILES string of the molecule is COCCN1C(N)=NCC1c1ccc2c(c1)OCCO2. The van der Waals surface area contributed by atoms with Crippen LogP contribution in [0.1, 0.15) is 11.6 Å². The normalized spacial score (nSPS) is 20.9. The van der Waals surface area contributed by atoms with E-state index in [0.29, 0.717) is 32.3 Å². The van der Waals surface area contributed by atoms with Crippen molar-refractivity contribution >= 4 is 5.96 Å². The molecular weight excluding hydrogens is 258 g/mol. The molecule has 0 saturated heterocycles. The van der Waals surface area contributed by atoms with Crippen molar-refractivity contribution < 1.29 is 14.2 Å². The molecule has 0 aliphatic carbocycles. The van der Waals surface area contributed by atoms with Crippen LogP contribution in [0.2, 0.25) is 0 Å². The summed E-state index contributed by atoms with van der Waals surface area (Å²) in [6.45, 7) is 3.20. The molecule has 0 saturated carbocycles. The van der Waals surface area contributed by atoms with Crippen LogP contribution < -0.4 is 15.2 Å². The van der Waals surface area contributed by atoms with E-state index in [0.717, 1.165) is 23.6 Å². The molecule has 6 nitrogen and oxygen atoms in total. The maximum atomic E-state index is 5.95. The minimum Gasteiger partial charge on any atom is -0.486 e. The Hall–Kier alpha value is -1.95. The van der Waals surface area contributed by atoms with E-state index in [1.54, 1.807) is 7.11 Å². The van der Waals surface area contributed by atoms with Crippen LogP contribution in [0.3, 0.4) is 0 Å². The van der Waals surface area contributed by atoms with Gasteiger partial charge in [0, 0.05) is 13.7 Å². The minimum absolute atomic E-state index is 0.140. The second-order valence-corrected chi connectivity index (χ2v) is 4.80. The fraction of sp³-hybridized carbons (Fsp3) is 0.500. The van der Waals surface area contributed by atoms with E-state index in [-0.39, 0.29) is 6.04 Å². The first-order valence-electron chi connectivity index (χ1n) is 6.74. The van der Waals surface area contributed by atoms with Crippen molar-refractivity contribution in [2.75, 3.05) is 40.0 Å². The number of guanidine groups is 1. The fourth-order valence-electron chi connectivity index (χ4n) is 2.54. The molecule has 0 amide bonds. The Kier molecular flexibility index (Phi) is 3.64. The predicted molar refractivity (Wildman–Crippen MR) is 75.2 cm³/mol. The summed E-state index contributed by atoms with van der Waals surface area (Å²) in [5.74, 6) is 2.17. The molecule has 20 heavy (non-hydrogen) atoms. The van der Waals surface area contributed by atoms with Gasteiger partial charge in [-0.2, -0.15) is 0 Å². The van der Waals surface area contributed by atoms with Gasteiger partial charge in [-0.25, -0.2) is 0 Å².